The van der Waals surface area contributed by atoms with Crippen molar-refractivity contribution in [2.75, 3.05) is 18.8 Å². The van der Waals surface area contributed by atoms with Gasteiger partial charge < -0.3 is 24.1 Å². The molecule has 40 heavy (non-hydrogen) atoms. The van der Waals surface area contributed by atoms with Gasteiger partial charge in [-0.25, -0.2) is 0 Å². The summed E-state index contributed by atoms with van der Waals surface area (Å²) in [4.78, 5) is 28.7. The fraction of sp³-hybridized carbons (Fsp3) is 0.312. The predicted molar refractivity (Wildman–Crippen MR) is 151 cm³/mol. The van der Waals surface area contributed by atoms with Crippen LogP contribution in [0.5, 0.6) is 23.0 Å². The Morgan fingerprint density at radius 1 is 0.975 bits per heavy atom. The molecule has 0 aliphatic carbocycles. The van der Waals surface area contributed by atoms with Gasteiger partial charge in [0, 0.05) is 11.8 Å². The van der Waals surface area contributed by atoms with Gasteiger partial charge in [-0.1, -0.05) is 39.0 Å². The van der Waals surface area contributed by atoms with Crippen LogP contribution in [0.4, 0.5) is 5.69 Å². The first-order chi connectivity index (χ1) is 19.0. The highest BCUT2D eigenvalue weighted by molar-refractivity contribution is 6.51. The number of rotatable bonds is 6. The Bertz CT molecular complexity index is 1500. The van der Waals surface area contributed by atoms with Crippen LogP contribution in [0.1, 0.15) is 57.4 Å². The van der Waals surface area contributed by atoms with Crippen LogP contribution in [0.15, 0.2) is 66.2 Å². The molecule has 0 spiro atoms. The zero-order valence-electron chi connectivity index (χ0n) is 23.5. The van der Waals surface area contributed by atoms with E-state index in [1.54, 1.807) is 54.6 Å². The topological polar surface area (TPSA) is 94.5 Å². The summed E-state index contributed by atoms with van der Waals surface area (Å²) in [5, 5.41) is 11.8. The van der Waals surface area contributed by atoms with E-state index in [4.69, 9.17) is 18.9 Å². The molecule has 0 saturated carbocycles. The molecular formula is C32H33NO7. The smallest absolute Gasteiger partial charge is 0.300 e. The Balaban J connectivity index is 1.71. The second-order valence-corrected chi connectivity index (χ2v) is 11.1. The molecule has 208 valence electrons. The van der Waals surface area contributed by atoms with Crippen LogP contribution in [-0.2, 0) is 15.0 Å². The molecule has 1 amide bonds. The van der Waals surface area contributed by atoms with Crippen LogP contribution < -0.4 is 23.8 Å². The van der Waals surface area contributed by atoms with Crippen molar-refractivity contribution in [1.82, 2.24) is 0 Å². The highest BCUT2D eigenvalue weighted by Gasteiger charge is 2.47. The number of hydrogen-bond donors (Lipinski definition) is 1. The van der Waals surface area contributed by atoms with E-state index in [1.807, 2.05) is 19.9 Å². The van der Waals surface area contributed by atoms with Gasteiger partial charge in [0.1, 0.15) is 17.3 Å². The minimum absolute atomic E-state index is 0.0207. The molecule has 2 aliphatic rings. The summed E-state index contributed by atoms with van der Waals surface area (Å²) in [6, 6.07) is 16.8. The molecular weight excluding hydrogens is 510 g/mol. The van der Waals surface area contributed by atoms with Crippen molar-refractivity contribution in [3.8, 4) is 23.0 Å². The second-order valence-electron chi connectivity index (χ2n) is 11.1. The predicted octanol–water partition coefficient (Wildman–Crippen LogP) is 6.13. The van der Waals surface area contributed by atoms with Crippen LogP contribution in [-0.4, -0.2) is 36.8 Å². The standard InChI is InChI=1S/C32H33NO7/c1-18(2)40-22-11-7-19(8-12-22)28-27(29(34)23-15-20(32(3,4)5)9-13-24(23)37-6)30(35)31(36)33(28)21-10-14-25-26(16-21)39-17-38-25/h7-16,18,28,34H,17H2,1-6H3/b29-27+. The van der Waals surface area contributed by atoms with Gasteiger partial charge in [-0.05, 0) is 66.8 Å². The maximum absolute atomic E-state index is 13.7. The Kier molecular flexibility index (Phi) is 6.96. The number of nitrogens with zero attached hydrogens (tertiary/aromatic N) is 1. The number of methoxy groups -OCH3 is 1. The minimum atomic E-state index is -0.920. The SMILES string of the molecule is COc1ccc(C(C)(C)C)cc1/C(O)=C1\C(=O)C(=O)N(c2ccc3c(c2)OCO3)C1c1ccc(OC(C)C)cc1. The summed E-state index contributed by atoms with van der Waals surface area (Å²) in [5.74, 6) is 0.188. The summed E-state index contributed by atoms with van der Waals surface area (Å²) in [7, 11) is 1.50. The maximum Gasteiger partial charge on any atom is 0.300 e. The van der Waals surface area contributed by atoms with Crippen LogP contribution in [0.2, 0.25) is 0 Å². The molecule has 3 aromatic carbocycles. The third kappa shape index (κ3) is 4.85. The Morgan fingerprint density at radius 2 is 1.68 bits per heavy atom. The average Bonchev–Trinajstić information content (AvgIpc) is 3.49. The van der Waals surface area contributed by atoms with Crippen LogP contribution >= 0.6 is 0 Å². The number of aliphatic hydroxyl groups is 1. The quantitative estimate of drug-likeness (QED) is 0.227. The largest absolute Gasteiger partial charge is 0.507 e. The average molecular weight is 544 g/mol. The number of fused-ring (bicyclic) bond motifs is 1. The number of aliphatic hydroxyl groups excluding tert-OH is 1. The van der Waals surface area contributed by atoms with E-state index < -0.39 is 17.7 Å². The summed E-state index contributed by atoms with van der Waals surface area (Å²) in [5.41, 5.74) is 2.07. The number of anilines is 1. The lowest BCUT2D eigenvalue weighted by Crippen LogP contribution is -2.29. The number of hydrogen-bond acceptors (Lipinski definition) is 7. The van der Waals surface area contributed by atoms with Crippen LogP contribution in [0.3, 0.4) is 0 Å². The molecule has 1 unspecified atom stereocenters. The Labute approximate surface area is 233 Å². The van der Waals surface area contributed by atoms with Gasteiger partial charge in [0.15, 0.2) is 11.5 Å². The fourth-order valence-corrected chi connectivity index (χ4v) is 4.95. The van der Waals surface area contributed by atoms with E-state index >= 15 is 0 Å². The van der Waals surface area contributed by atoms with E-state index in [-0.39, 0.29) is 29.6 Å². The van der Waals surface area contributed by atoms with Crippen molar-refractivity contribution in [1.29, 1.82) is 0 Å². The maximum atomic E-state index is 13.7. The molecule has 1 atom stereocenters. The lowest BCUT2D eigenvalue weighted by molar-refractivity contribution is -0.132. The summed E-state index contributed by atoms with van der Waals surface area (Å²) in [6.07, 6.45) is -0.0207. The highest BCUT2D eigenvalue weighted by atomic mass is 16.7. The highest BCUT2D eigenvalue weighted by Crippen LogP contribution is 2.46. The van der Waals surface area contributed by atoms with Crippen LogP contribution in [0, 0.1) is 0 Å². The van der Waals surface area contributed by atoms with Crippen molar-refractivity contribution in [2.45, 2.75) is 52.2 Å². The number of amides is 1. The molecule has 2 aliphatic heterocycles. The normalized spacial score (nSPS) is 18.0. The zero-order chi connectivity index (χ0) is 28.8. The van der Waals surface area contributed by atoms with E-state index in [0.29, 0.717) is 39.8 Å². The van der Waals surface area contributed by atoms with E-state index in [9.17, 15) is 14.7 Å². The lowest BCUT2D eigenvalue weighted by Gasteiger charge is -2.26. The number of Topliss-reactive ketones (excluding diaryl/α,β-unsaturated/α-hetero) is 1. The number of ether oxygens (including phenoxy) is 4. The third-order valence-corrected chi connectivity index (χ3v) is 6.97. The van der Waals surface area contributed by atoms with E-state index in [1.165, 1.54) is 12.0 Å². The van der Waals surface area contributed by atoms with Gasteiger partial charge in [-0.3, -0.25) is 14.5 Å². The first-order valence-electron chi connectivity index (χ1n) is 13.2. The van der Waals surface area contributed by atoms with Crippen molar-refractivity contribution in [2.24, 2.45) is 0 Å². The molecule has 0 aromatic heterocycles. The fourth-order valence-electron chi connectivity index (χ4n) is 4.95. The molecule has 0 radical (unpaired) electrons. The minimum Gasteiger partial charge on any atom is -0.507 e. The Morgan fingerprint density at radius 3 is 2.33 bits per heavy atom. The first kappa shape index (κ1) is 27.1. The van der Waals surface area contributed by atoms with Gasteiger partial charge >= 0.3 is 0 Å². The molecule has 0 bridgehead atoms. The van der Waals surface area contributed by atoms with Gasteiger partial charge in [0.2, 0.25) is 6.79 Å². The first-order valence-corrected chi connectivity index (χ1v) is 13.2. The van der Waals surface area contributed by atoms with E-state index in [2.05, 4.69) is 20.8 Å². The number of ketones is 1. The second kappa shape index (κ2) is 10.3. The van der Waals surface area contributed by atoms with Gasteiger partial charge in [-0.15, -0.1) is 0 Å². The van der Waals surface area contributed by atoms with Gasteiger partial charge in [0.25, 0.3) is 11.7 Å². The Hall–Kier alpha value is -4.46. The van der Waals surface area contributed by atoms with Crippen molar-refractivity contribution in [3.63, 3.8) is 0 Å². The van der Waals surface area contributed by atoms with Crippen LogP contribution in [0.25, 0.3) is 5.76 Å². The summed E-state index contributed by atoms with van der Waals surface area (Å²) < 4.78 is 22.3. The monoisotopic (exact) mass is 543 g/mol. The van der Waals surface area contributed by atoms with Crippen molar-refractivity contribution < 1.29 is 33.6 Å². The summed E-state index contributed by atoms with van der Waals surface area (Å²) >= 11 is 0. The van der Waals surface area contributed by atoms with Gasteiger partial charge in [-0.2, -0.15) is 0 Å². The zero-order valence-corrected chi connectivity index (χ0v) is 23.5. The van der Waals surface area contributed by atoms with Gasteiger partial charge in [0.05, 0.1) is 30.4 Å². The lowest BCUT2D eigenvalue weighted by atomic mass is 9.85. The van der Waals surface area contributed by atoms with E-state index in [0.717, 1.165) is 5.56 Å². The molecule has 8 heteroatoms. The van der Waals surface area contributed by atoms with Crippen molar-refractivity contribution >= 4 is 23.1 Å². The van der Waals surface area contributed by atoms with Crippen molar-refractivity contribution in [3.05, 3.63) is 82.9 Å². The molecule has 1 saturated heterocycles. The molecule has 5 rings (SSSR count). The molecule has 3 aromatic rings. The number of benzene rings is 3. The number of carbonyl (C=O) groups is 2. The molecule has 1 N–H and O–H groups in total. The summed E-state index contributed by atoms with van der Waals surface area (Å²) in [6.45, 7) is 10.1. The third-order valence-electron chi connectivity index (χ3n) is 6.97. The molecule has 8 nitrogen and oxygen atoms in total. The molecule has 1 fully saturated rings. The molecule has 2 heterocycles. The number of carbonyl (C=O) groups excluding carboxylic acids is 2.